The van der Waals surface area contributed by atoms with Crippen molar-refractivity contribution in [1.29, 1.82) is 0 Å². The summed E-state index contributed by atoms with van der Waals surface area (Å²) in [5.74, 6) is 4.04. The largest absolute Gasteiger partial charge is 0.290 e. The molecule has 0 saturated heterocycles. The van der Waals surface area contributed by atoms with Gasteiger partial charge in [0.2, 0.25) is 0 Å². The third kappa shape index (κ3) is 2.12. The molecule has 5 N–H and O–H groups in total. The van der Waals surface area contributed by atoms with Crippen molar-refractivity contribution < 1.29 is 14.9 Å². The number of carbonyl (C=O) groups excluding carboxylic acids is 1. The molecule has 0 fully saturated rings. The normalized spacial score (nSPS) is 9.38. The number of aromatic nitrogens is 1. The number of hydrogen-bond acceptors (Lipinski definition) is 6. The fourth-order valence-electron chi connectivity index (χ4n) is 0.786. The Bertz CT molecular complexity index is 304. The number of nitrogens with zero attached hydrogens (tertiary/aromatic N) is 1. The van der Waals surface area contributed by atoms with Gasteiger partial charge in [-0.25, -0.2) is 10.5 Å². The summed E-state index contributed by atoms with van der Waals surface area (Å²) >= 11 is 0. The molecule has 0 aliphatic carbocycles. The highest BCUT2D eigenvalue weighted by atomic mass is 16.8. The Labute approximate surface area is 73.4 Å². The van der Waals surface area contributed by atoms with Crippen molar-refractivity contribution in [2.45, 2.75) is 0 Å². The maximum Gasteiger partial charge on any atom is 0.280 e. The molecule has 1 amide bonds. The maximum absolute atomic E-state index is 11.1. The molecular formula is C6H8N4O3. The zero-order chi connectivity index (χ0) is 9.68. The Morgan fingerprint density at radius 3 is 3.08 bits per heavy atom. The van der Waals surface area contributed by atoms with E-state index in [1.54, 1.807) is 5.48 Å². The molecule has 7 nitrogen and oxygen atoms in total. The molecule has 0 aromatic carbocycles. The minimum absolute atomic E-state index is 0.0250. The first-order valence-electron chi connectivity index (χ1n) is 3.30. The number of amides is 1. The van der Waals surface area contributed by atoms with E-state index in [0.29, 0.717) is 0 Å². The summed E-state index contributed by atoms with van der Waals surface area (Å²) < 4.78 is 0. The molecular weight excluding hydrogens is 176 g/mol. The molecule has 0 atom stereocenters. The zero-order valence-electron chi connectivity index (χ0n) is 6.52. The van der Waals surface area contributed by atoms with E-state index in [2.05, 4.69) is 15.8 Å². The number of rotatable bonds is 3. The maximum atomic E-state index is 11.1. The van der Waals surface area contributed by atoms with E-state index in [-0.39, 0.29) is 11.4 Å². The molecule has 0 radical (unpaired) electrons. The van der Waals surface area contributed by atoms with Crippen LogP contribution in [0.2, 0.25) is 0 Å². The minimum Gasteiger partial charge on any atom is -0.290 e. The third-order valence-electron chi connectivity index (χ3n) is 1.31. The lowest BCUT2D eigenvalue weighted by Gasteiger charge is -2.04. The van der Waals surface area contributed by atoms with Crippen LogP contribution >= 0.6 is 0 Å². The van der Waals surface area contributed by atoms with Gasteiger partial charge in [-0.3, -0.25) is 15.5 Å². The second-order valence-electron chi connectivity index (χ2n) is 2.06. The van der Waals surface area contributed by atoms with Gasteiger partial charge in [-0.05, 0) is 12.1 Å². The smallest absolute Gasteiger partial charge is 0.280 e. The van der Waals surface area contributed by atoms with Gasteiger partial charge in [-0.1, -0.05) is 0 Å². The van der Waals surface area contributed by atoms with Crippen LogP contribution in [0.1, 0.15) is 10.4 Å². The van der Waals surface area contributed by atoms with Crippen molar-refractivity contribution in [2.24, 2.45) is 5.90 Å². The van der Waals surface area contributed by atoms with Gasteiger partial charge in [0.1, 0.15) is 0 Å². The van der Waals surface area contributed by atoms with Crippen LogP contribution < -0.4 is 16.9 Å². The number of nitrogens with one attached hydrogen (secondary N) is 2. The monoisotopic (exact) mass is 184 g/mol. The summed E-state index contributed by atoms with van der Waals surface area (Å²) in [5, 5.41) is 8.57. The number of hydroxylamine groups is 1. The molecule has 0 unspecified atom stereocenters. The van der Waals surface area contributed by atoms with Crippen LogP contribution in [0.3, 0.4) is 0 Å². The van der Waals surface area contributed by atoms with Crippen LogP contribution in [0.25, 0.3) is 0 Å². The Balaban J connectivity index is 2.92. The highest BCUT2D eigenvalue weighted by molar-refractivity contribution is 5.97. The molecule has 1 rings (SSSR count). The molecule has 0 spiro atoms. The molecule has 1 aromatic heterocycles. The average molecular weight is 184 g/mol. The van der Waals surface area contributed by atoms with E-state index in [1.807, 2.05) is 5.48 Å². The Morgan fingerprint density at radius 1 is 1.69 bits per heavy atom. The first-order valence-corrected chi connectivity index (χ1v) is 3.30. The third-order valence-corrected chi connectivity index (χ3v) is 1.31. The van der Waals surface area contributed by atoms with Crippen LogP contribution in [-0.2, 0) is 4.94 Å². The van der Waals surface area contributed by atoms with Crippen molar-refractivity contribution in [3.05, 3.63) is 23.9 Å². The standard InChI is InChI=1S/C6H8N4O3/c7-13-10-6(11)4-2-1-3-8-5(4)9-12/h1-3,12H,7H2,(H,8,9)(H,10,11). The molecule has 7 heteroatoms. The second kappa shape index (κ2) is 4.36. The number of anilines is 1. The lowest BCUT2D eigenvalue weighted by atomic mass is 10.2. The first-order chi connectivity index (χ1) is 6.29. The highest BCUT2D eigenvalue weighted by Gasteiger charge is 2.10. The van der Waals surface area contributed by atoms with E-state index in [4.69, 9.17) is 5.21 Å². The lowest BCUT2D eigenvalue weighted by molar-refractivity contribution is 0.0310. The van der Waals surface area contributed by atoms with Crippen molar-refractivity contribution >= 4 is 11.7 Å². The summed E-state index contributed by atoms with van der Waals surface area (Å²) in [6.07, 6.45) is 1.42. The Hall–Kier alpha value is -1.70. The van der Waals surface area contributed by atoms with Gasteiger partial charge in [0.15, 0.2) is 5.82 Å². The second-order valence-corrected chi connectivity index (χ2v) is 2.06. The van der Waals surface area contributed by atoms with Crippen molar-refractivity contribution in [3.8, 4) is 0 Å². The molecule has 1 aromatic rings. The predicted octanol–water partition coefficient (Wildman–Crippen LogP) is -0.582. The number of nitrogens with two attached hydrogens (primary N) is 1. The quantitative estimate of drug-likeness (QED) is 0.468. The van der Waals surface area contributed by atoms with Gasteiger partial charge in [0, 0.05) is 6.20 Å². The van der Waals surface area contributed by atoms with Crippen LogP contribution in [0, 0.1) is 0 Å². The topological polar surface area (TPSA) is 110 Å². The van der Waals surface area contributed by atoms with Crippen LogP contribution in [0.15, 0.2) is 18.3 Å². The fourth-order valence-corrected chi connectivity index (χ4v) is 0.786. The summed E-state index contributed by atoms with van der Waals surface area (Å²) in [5.41, 5.74) is 3.77. The first kappa shape index (κ1) is 9.39. The molecule has 0 aliphatic heterocycles. The molecule has 0 aliphatic rings. The SMILES string of the molecule is NONC(=O)c1cccnc1NO. The van der Waals surface area contributed by atoms with E-state index in [0.717, 1.165) is 0 Å². The van der Waals surface area contributed by atoms with Gasteiger partial charge in [-0.15, -0.1) is 0 Å². The van der Waals surface area contributed by atoms with E-state index < -0.39 is 5.91 Å². The van der Waals surface area contributed by atoms with E-state index in [9.17, 15) is 4.79 Å². The van der Waals surface area contributed by atoms with Crippen molar-refractivity contribution in [1.82, 2.24) is 10.5 Å². The Morgan fingerprint density at radius 2 is 2.46 bits per heavy atom. The van der Waals surface area contributed by atoms with Gasteiger partial charge >= 0.3 is 0 Å². The molecule has 0 saturated carbocycles. The molecule has 70 valence electrons. The summed E-state index contributed by atoms with van der Waals surface area (Å²) in [4.78, 5) is 18.7. The Kier molecular flexibility index (Phi) is 3.15. The average Bonchev–Trinajstić information content (AvgIpc) is 2.18. The molecule has 1 heterocycles. The zero-order valence-corrected chi connectivity index (χ0v) is 6.52. The summed E-state index contributed by atoms with van der Waals surface area (Å²) in [6, 6.07) is 2.98. The van der Waals surface area contributed by atoms with Gasteiger partial charge in [-0.2, -0.15) is 10.8 Å². The van der Waals surface area contributed by atoms with Crippen LogP contribution in [0.4, 0.5) is 5.82 Å². The van der Waals surface area contributed by atoms with Gasteiger partial charge < -0.3 is 0 Å². The lowest BCUT2D eigenvalue weighted by Crippen LogP contribution is -2.27. The van der Waals surface area contributed by atoms with E-state index in [1.165, 1.54) is 18.3 Å². The predicted molar refractivity (Wildman–Crippen MR) is 42.4 cm³/mol. The summed E-state index contributed by atoms with van der Waals surface area (Å²) in [6.45, 7) is 0. The van der Waals surface area contributed by atoms with Crippen molar-refractivity contribution in [3.63, 3.8) is 0 Å². The number of hydrogen-bond donors (Lipinski definition) is 4. The van der Waals surface area contributed by atoms with Crippen LogP contribution in [0.5, 0.6) is 0 Å². The highest BCUT2D eigenvalue weighted by Crippen LogP contribution is 2.09. The van der Waals surface area contributed by atoms with Gasteiger partial charge in [0.05, 0.1) is 5.56 Å². The van der Waals surface area contributed by atoms with Crippen molar-refractivity contribution in [2.75, 3.05) is 5.48 Å². The minimum atomic E-state index is -0.604. The van der Waals surface area contributed by atoms with Crippen LogP contribution in [-0.4, -0.2) is 16.1 Å². The van der Waals surface area contributed by atoms with E-state index >= 15 is 0 Å². The number of pyridine rings is 1. The molecule has 13 heavy (non-hydrogen) atoms. The number of carbonyl (C=O) groups is 1. The van der Waals surface area contributed by atoms with Gasteiger partial charge in [0.25, 0.3) is 5.91 Å². The fraction of sp³-hybridized carbons (Fsp3) is 0. The summed E-state index contributed by atoms with van der Waals surface area (Å²) in [7, 11) is 0. The molecule has 0 bridgehead atoms.